The van der Waals surface area contributed by atoms with E-state index in [0.29, 0.717) is 0 Å². The lowest BCUT2D eigenvalue weighted by Gasteiger charge is -2.25. The molecule has 54 heavy (non-hydrogen) atoms. The predicted octanol–water partition coefficient (Wildman–Crippen LogP) is 14.6. The maximum absolute atomic E-state index is 6.95. The van der Waals surface area contributed by atoms with Gasteiger partial charge in [-0.05, 0) is 99.6 Å². The predicted molar refractivity (Wildman–Crippen MR) is 224 cm³/mol. The van der Waals surface area contributed by atoms with Crippen LogP contribution >= 0.6 is 0 Å². The molecule has 0 spiro atoms. The molecule has 0 radical (unpaired) electrons. The number of nitrogens with zero attached hydrogens (tertiary/aromatic N) is 1. The third-order valence-electron chi connectivity index (χ3n) is 11.5. The average molecular weight is 694 g/mol. The van der Waals surface area contributed by atoms with Gasteiger partial charge in [-0.3, -0.25) is 0 Å². The van der Waals surface area contributed by atoms with E-state index < -0.39 is 0 Å². The highest BCUT2D eigenvalue weighted by Crippen LogP contribution is 2.52. The average Bonchev–Trinajstić information content (AvgIpc) is 3.85. The highest BCUT2D eigenvalue weighted by molar-refractivity contribution is 6.24. The molecule has 0 atom stereocenters. The fraction of sp³-hybridized carbons (Fsp3) is 0.0588. The molecule has 2 heterocycles. The highest BCUT2D eigenvalue weighted by Gasteiger charge is 2.35. The van der Waals surface area contributed by atoms with Gasteiger partial charge in [0.2, 0.25) is 0 Å². The summed E-state index contributed by atoms with van der Waals surface area (Å²) >= 11 is 0. The summed E-state index contributed by atoms with van der Waals surface area (Å²) in [6.45, 7) is 4.67. The quantitative estimate of drug-likeness (QED) is 0.180. The van der Waals surface area contributed by atoms with Gasteiger partial charge >= 0.3 is 0 Å². The van der Waals surface area contributed by atoms with E-state index in [1.54, 1.807) is 0 Å². The zero-order chi connectivity index (χ0) is 36.0. The van der Waals surface area contributed by atoms with Gasteiger partial charge in [-0.15, -0.1) is 0 Å². The van der Waals surface area contributed by atoms with Crippen LogP contribution in [0.3, 0.4) is 0 Å². The Kier molecular flexibility index (Phi) is 6.60. The van der Waals surface area contributed by atoms with E-state index >= 15 is 0 Å². The Morgan fingerprint density at radius 3 is 1.87 bits per heavy atom. The summed E-state index contributed by atoms with van der Waals surface area (Å²) in [5, 5.41) is 4.24. The lowest BCUT2D eigenvalue weighted by Crippen LogP contribution is -2.14. The van der Waals surface area contributed by atoms with Crippen LogP contribution in [0, 0.1) is 0 Å². The van der Waals surface area contributed by atoms with Crippen LogP contribution in [-0.4, -0.2) is 0 Å². The largest absolute Gasteiger partial charge is 0.456 e. The van der Waals surface area contributed by atoms with Crippen LogP contribution in [-0.2, 0) is 5.41 Å². The molecule has 0 bridgehead atoms. The first-order valence-electron chi connectivity index (χ1n) is 18.6. The summed E-state index contributed by atoms with van der Waals surface area (Å²) in [7, 11) is 0. The van der Waals surface area contributed by atoms with Crippen molar-refractivity contribution in [2.45, 2.75) is 19.3 Å². The Morgan fingerprint density at radius 2 is 1.04 bits per heavy atom. The Morgan fingerprint density at radius 1 is 0.407 bits per heavy atom. The third-order valence-corrected chi connectivity index (χ3v) is 11.5. The third kappa shape index (κ3) is 4.55. The summed E-state index contributed by atoms with van der Waals surface area (Å²) in [6.07, 6.45) is 0. The minimum atomic E-state index is -0.129. The van der Waals surface area contributed by atoms with Crippen molar-refractivity contribution in [1.82, 2.24) is 0 Å². The Balaban J connectivity index is 1.13. The zero-order valence-corrected chi connectivity index (χ0v) is 30.0. The lowest BCUT2D eigenvalue weighted by atomic mass is 9.81. The van der Waals surface area contributed by atoms with Crippen LogP contribution in [0.2, 0.25) is 0 Å². The number of anilines is 3. The van der Waals surface area contributed by atoms with Crippen LogP contribution < -0.4 is 4.90 Å². The Bertz CT molecular complexity index is 3060. The first-order valence-corrected chi connectivity index (χ1v) is 18.6. The van der Waals surface area contributed by atoms with E-state index in [2.05, 4.69) is 189 Å². The SMILES string of the molecule is CC1(C)c2ccccc2-c2ccc(-c3c4oc5ccc(N(c6ccccc6)c6ccc(-c7ccccc7)cc6)cc5c4cc4oc5ccccc5c34)cc21. The van der Waals surface area contributed by atoms with Crippen LogP contribution in [0.5, 0.6) is 0 Å². The Hall–Kier alpha value is -6.84. The number of fused-ring (bicyclic) bond motifs is 9. The van der Waals surface area contributed by atoms with E-state index in [4.69, 9.17) is 8.83 Å². The van der Waals surface area contributed by atoms with Crippen molar-refractivity contribution in [3.8, 4) is 33.4 Å². The van der Waals surface area contributed by atoms with Crippen molar-refractivity contribution in [3.05, 3.63) is 187 Å². The maximum Gasteiger partial charge on any atom is 0.144 e. The van der Waals surface area contributed by atoms with E-state index in [1.165, 1.54) is 33.4 Å². The maximum atomic E-state index is 6.95. The molecule has 0 fully saturated rings. The fourth-order valence-corrected chi connectivity index (χ4v) is 8.83. The van der Waals surface area contributed by atoms with Crippen molar-refractivity contribution in [1.29, 1.82) is 0 Å². The normalized spacial score (nSPS) is 13.1. The minimum absolute atomic E-state index is 0.129. The zero-order valence-electron chi connectivity index (χ0n) is 30.0. The van der Waals surface area contributed by atoms with Gasteiger partial charge in [0.05, 0.1) is 0 Å². The molecular formula is C51H35NO2. The monoisotopic (exact) mass is 693 g/mol. The fourth-order valence-electron chi connectivity index (χ4n) is 8.83. The van der Waals surface area contributed by atoms with Gasteiger partial charge in [0.15, 0.2) is 0 Å². The van der Waals surface area contributed by atoms with Gasteiger partial charge in [-0.2, -0.15) is 0 Å². The number of furan rings is 2. The van der Waals surface area contributed by atoms with Crippen molar-refractivity contribution >= 4 is 60.9 Å². The molecule has 0 aliphatic heterocycles. The molecule has 0 saturated heterocycles. The van der Waals surface area contributed by atoms with Crippen molar-refractivity contribution in [2.24, 2.45) is 0 Å². The van der Waals surface area contributed by atoms with E-state index in [9.17, 15) is 0 Å². The van der Waals surface area contributed by atoms with E-state index in [-0.39, 0.29) is 5.41 Å². The first kappa shape index (κ1) is 30.8. The molecule has 3 heteroatoms. The Labute approximate surface area is 313 Å². The summed E-state index contributed by atoms with van der Waals surface area (Å²) in [6, 6.07) is 62.7. The molecule has 1 aliphatic carbocycles. The highest BCUT2D eigenvalue weighted by atomic mass is 16.3. The van der Waals surface area contributed by atoms with Crippen LogP contribution in [0.4, 0.5) is 17.1 Å². The van der Waals surface area contributed by atoms with E-state index in [1.807, 2.05) is 6.07 Å². The van der Waals surface area contributed by atoms with Gasteiger partial charge in [0.25, 0.3) is 0 Å². The molecule has 0 amide bonds. The van der Waals surface area contributed by atoms with Gasteiger partial charge in [0.1, 0.15) is 22.3 Å². The summed E-state index contributed by atoms with van der Waals surface area (Å²) in [4.78, 5) is 2.31. The molecular weight excluding hydrogens is 659 g/mol. The van der Waals surface area contributed by atoms with Gasteiger partial charge in [-0.1, -0.05) is 129 Å². The van der Waals surface area contributed by atoms with E-state index in [0.717, 1.165) is 72.1 Å². The summed E-state index contributed by atoms with van der Waals surface area (Å²) in [5.74, 6) is 0. The van der Waals surface area contributed by atoms with Crippen LogP contribution in [0.15, 0.2) is 185 Å². The number of rotatable bonds is 5. The topological polar surface area (TPSA) is 29.5 Å². The molecule has 1 aliphatic rings. The first-order chi connectivity index (χ1) is 26.5. The van der Waals surface area contributed by atoms with Crippen molar-refractivity contribution in [3.63, 3.8) is 0 Å². The number of hydrogen-bond donors (Lipinski definition) is 0. The molecule has 2 aromatic heterocycles. The molecule has 0 unspecified atom stereocenters. The van der Waals surface area contributed by atoms with Crippen molar-refractivity contribution in [2.75, 3.05) is 4.90 Å². The van der Waals surface area contributed by atoms with Crippen molar-refractivity contribution < 1.29 is 8.83 Å². The van der Waals surface area contributed by atoms with Gasteiger partial charge in [0, 0.05) is 49.6 Å². The molecule has 8 aromatic carbocycles. The van der Waals surface area contributed by atoms with Crippen LogP contribution in [0.25, 0.3) is 77.3 Å². The number of para-hydroxylation sites is 2. The molecule has 3 nitrogen and oxygen atoms in total. The number of hydrogen-bond acceptors (Lipinski definition) is 3. The standard InChI is InChI=1S/C51H35NO2/c1-51(2)43-19-11-9-17-38(43)39-27-23-34(29-44(39)51)48-49-40-18-10-12-20-45(40)53-47(49)31-42-41-30-37(26-28-46(41)54-50(42)48)52(35-15-7-4-8-16-35)36-24-21-33(22-25-36)32-13-5-3-6-14-32/h3-31H,1-2H3. The molecule has 11 rings (SSSR count). The lowest BCUT2D eigenvalue weighted by molar-refractivity contribution is 0.660. The smallest absolute Gasteiger partial charge is 0.144 e. The summed E-state index contributed by atoms with van der Waals surface area (Å²) in [5.41, 5.74) is 16.4. The second-order valence-electron chi connectivity index (χ2n) is 14.9. The van der Waals surface area contributed by atoms with Crippen LogP contribution in [0.1, 0.15) is 25.0 Å². The molecule has 10 aromatic rings. The molecule has 0 saturated carbocycles. The second kappa shape index (κ2) is 11.6. The second-order valence-corrected chi connectivity index (χ2v) is 14.9. The van der Waals surface area contributed by atoms with Gasteiger partial charge in [-0.25, -0.2) is 0 Å². The summed E-state index contributed by atoms with van der Waals surface area (Å²) < 4.78 is 13.6. The van der Waals surface area contributed by atoms with Gasteiger partial charge < -0.3 is 13.7 Å². The number of benzene rings is 8. The minimum Gasteiger partial charge on any atom is -0.456 e. The molecule has 0 N–H and O–H groups in total. The molecule has 256 valence electrons.